The highest BCUT2D eigenvalue weighted by Crippen LogP contribution is 2.40. The smallest absolute Gasteiger partial charge is 0.310 e. The molecule has 2 saturated heterocycles. The van der Waals surface area contributed by atoms with Crippen LogP contribution in [-0.4, -0.2) is 47.2 Å². The summed E-state index contributed by atoms with van der Waals surface area (Å²) >= 11 is 0. The standard InChI is InChI=1S/C12H15NO4/c14-11(13-5-1-2-6-13)9-7-3-4-8(17-7)10(9)12(15)16/h3-4,7-10H,1-2,5-6H2,(H,15,16)/t7-,8+,9-,10+/m1/s1. The molecule has 17 heavy (non-hydrogen) atoms. The van der Waals surface area contributed by atoms with Gasteiger partial charge in [0.25, 0.3) is 0 Å². The lowest BCUT2D eigenvalue weighted by Gasteiger charge is -2.25. The van der Waals surface area contributed by atoms with Crippen molar-refractivity contribution in [3.8, 4) is 0 Å². The minimum atomic E-state index is -0.931. The van der Waals surface area contributed by atoms with Crippen LogP contribution >= 0.6 is 0 Å². The number of carbonyl (C=O) groups excluding carboxylic acids is 1. The van der Waals surface area contributed by atoms with Crippen molar-refractivity contribution in [2.24, 2.45) is 11.8 Å². The molecular weight excluding hydrogens is 222 g/mol. The fraction of sp³-hybridized carbons (Fsp3) is 0.667. The Morgan fingerprint density at radius 3 is 2.29 bits per heavy atom. The van der Waals surface area contributed by atoms with Gasteiger partial charge in [-0.05, 0) is 12.8 Å². The normalized spacial score (nSPS) is 38.9. The van der Waals surface area contributed by atoms with Crippen molar-refractivity contribution in [1.29, 1.82) is 0 Å². The molecule has 0 aromatic rings. The molecule has 3 rings (SSSR count). The number of amides is 1. The van der Waals surface area contributed by atoms with Crippen molar-refractivity contribution in [2.45, 2.75) is 25.0 Å². The predicted molar refractivity (Wildman–Crippen MR) is 58.2 cm³/mol. The SMILES string of the molecule is O=C(O)[C@@H]1[C@H](C(=O)N2CCCC2)[C@H]2C=C[C@@H]1O2. The van der Waals surface area contributed by atoms with Gasteiger partial charge in [0.1, 0.15) is 5.92 Å². The molecule has 3 aliphatic heterocycles. The second kappa shape index (κ2) is 3.84. The molecule has 3 heterocycles. The first-order valence-electron chi connectivity index (χ1n) is 6.04. The molecule has 4 atom stereocenters. The van der Waals surface area contributed by atoms with Crippen LogP contribution in [-0.2, 0) is 14.3 Å². The van der Waals surface area contributed by atoms with Crippen LogP contribution in [0, 0.1) is 11.8 Å². The molecule has 0 aliphatic carbocycles. The Morgan fingerprint density at radius 1 is 1.12 bits per heavy atom. The van der Waals surface area contributed by atoms with Crippen molar-refractivity contribution < 1.29 is 19.4 Å². The van der Waals surface area contributed by atoms with Crippen LogP contribution in [0.15, 0.2) is 12.2 Å². The maximum atomic E-state index is 12.3. The highest BCUT2D eigenvalue weighted by Gasteiger charge is 2.54. The number of ether oxygens (including phenoxy) is 1. The minimum absolute atomic E-state index is 0.0493. The Morgan fingerprint density at radius 2 is 1.71 bits per heavy atom. The molecule has 5 heteroatoms. The summed E-state index contributed by atoms with van der Waals surface area (Å²) < 4.78 is 5.50. The van der Waals surface area contributed by atoms with Gasteiger partial charge in [-0.15, -0.1) is 0 Å². The zero-order valence-electron chi connectivity index (χ0n) is 9.41. The molecule has 0 radical (unpaired) electrons. The largest absolute Gasteiger partial charge is 0.481 e. The zero-order chi connectivity index (χ0) is 12.0. The van der Waals surface area contributed by atoms with Crippen molar-refractivity contribution in [1.82, 2.24) is 4.90 Å². The van der Waals surface area contributed by atoms with E-state index in [4.69, 9.17) is 4.74 Å². The molecule has 2 bridgehead atoms. The van der Waals surface area contributed by atoms with E-state index in [1.807, 2.05) is 6.08 Å². The van der Waals surface area contributed by atoms with E-state index in [1.54, 1.807) is 11.0 Å². The van der Waals surface area contributed by atoms with Gasteiger partial charge in [0.15, 0.2) is 0 Å². The number of fused-ring (bicyclic) bond motifs is 2. The van der Waals surface area contributed by atoms with E-state index >= 15 is 0 Å². The van der Waals surface area contributed by atoms with E-state index < -0.39 is 23.9 Å². The summed E-state index contributed by atoms with van der Waals surface area (Å²) in [5.74, 6) is -2.22. The fourth-order valence-electron chi connectivity index (χ4n) is 3.05. The summed E-state index contributed by atoms with van der Waals surface area (Å²) in [4.78, 5) is 25.3. The molecule has 3 aliphatic rings. The molecule has 0 unspecified atom stereocenters. The van der Waals surface area contributed by atoms with Gasteiger partial charge in [-0.2, -0.15) is 0 Å². The van der Waals surface area contributed by atoms with E-state index in [2.05, 4.69) is 0 Å². The fourth-order valence-corrected chi connectivity index (χ4v) is 3.05. The number of nitrogens with zero attached hydrogens (tertiary/aromatic N) is 1. The summed E-state index contributed by atoms with van der Waals surface area (Å²) in [6.45, 7) is 1.51. The van der Waals surface area contributed by atoms with Crippen LogP contribution in [0.25, 0.3) is 0 Å². The quantitative estimate of drug-likeness (QED) is 0.700. The Labute approximate surface area is 99.0 Å². The molecule has 0 saturated carbocycles. The summed E-state index contributed by atoms with van der Waals surface area (Å²) in [6.07, 6.45) is 4.85. The maximum absolute atomic E-state index is 12.3. The second-order valence-corrected chi connectivity index (χ2v) is 4.87. The number of hydrogen-bond acceptors (Lipinski definition) is 3. The van der Waals surface area contributed by atoms with Crippen LogP contribution < -0.4 is 0 Å². The maximum Gasteiger partial charge on any atom is 0.310 e. The molecule has 2 fully saturated rings. The summed E-state index contributed by atoms with van der Waals surface area (Å²) in [6, 6.07) is 0. The van der Waals surface area contributed by atoms with E-state index in [0.717, 1.165) is 25.9 Å². The summed E-state index contributed by atoms with van der Waals surface area (Å²) in [7, 11) is 0. The number of carboxylic acid groups (broad SMARTS) is 1. The average Bonchev–Trinajstić information content (AvgIpc) is 3.02. The Hall–Kier alpha value is -1.36. The van der Waals surface area contributed by atoms with Crippen LogP contribution in [0.2, 0.25) is 0 Å². The topological polar surface area (TPSA) is 66.8 Å². The van der Waals surface area contributed by atoms with E-state index in [9.17, 15) is 14.7 Å². The number of hydrogen-bond donors (Lipinski definition) is 1. The van der Waals surface area contributed by atoms with E-state index in [0.29, 0.717) is 0 Å². The molecule has 0 aromatic carbocycles. The first kappa shape index (κ1) is 10.8. The molecule has 0 aromatic heterocycles. The van der Waals surface area contributed by atoms with E-state index in [1.165, 1.54) is 0 Å². The first-order valence-corrected chi connectivity index (χ1v) is 6.04. The number of carbonyl (C=O) groups is 2. The molecule has 92 valence electrons. The van der Waals surface area contributed by atoms with Crippen LogP contribution in [0.3, 0.4) is 0 Å². The lowest BCUT2D eigenvalue weighted by molar-refractivity contribution is -0.149. The number of carboxylic acids is 1. The van der Waals surface area contributed by atoms with Gasteiger partial charge in [-0.1, -0.05) is 12.2 Å². The number of likely N-dealkylation sites (tertiary alicyclic amines) is 1. The molecule has 1 N–H and O–H groups in total. The minimum Gasteiger partial charge on any atom is -0.481 e. The third-order valence-corrected chi connectivity index (χ3v) is 3.89. The third kappa shape index (κ3) is 1.57. The van der Waals surface area contributed by atoms with Crippen molar-refractivity contribution in [2.75, 3.05) is 13.1 Å². The van der Waals surface area contributed by atoms with Gasteiger partial charge in [-0.25, -0.2) is 0 Å². The molecule has 1 amide bonds. The highest BCUT2D eigenvalue weighted by molar-refractivity contribution is 5.87. The monoisotopic (exact) mass is 237 g/mol. The van der Waals surface area contributed by atoms with Gasteiger partial charge in [0, 0.05) is 13.1 Å². The lowest BCUT2D eigenvalue weighted by atomic mass is 9.82. The van der Waals surface area contributed by atoms with Gasteiger partial charge in [0.2, 0.25) is 5.91 Å². The lowest BCUT2D eigenvalue weighted by Crippen LogP contribution is -2.43. The average molecular weight is 237 g/mol. The molecule has 5 nitrogen and oxygen atoms in total. The van der Waals surface area contributed by atoms with Gasteiger partial charge in [-0.3, -0.25) is 9.59 Å². The highest BCUT2D eigenvalue weighted by atomic mass is 16.5. The Bertz CT molecular complexity index is 386. The van der Waals surface area contributed by atoms with Gasteiger partial charge < -0.3 is 14.7 Å². The Kier molecular flexibility index (Phi) is 2.43. The second-order valence-electron chi connectivity index (χ2n) is 4.87. The van der Waals surface area contributed by atoms with Gasteiger partial charge >= 0.3 is 5.97 Å². The predicted octanol–water partition coefficient (Wildman–Crippen LogP) is 0.263. The number of rotatable bonds is 2. The summed E-state index contributed by atoms with van der Waals surface area (Å²) in [5.41, 5.74) is 0. The van der Waals surface area contributed by atoms with Crippen molar-refractivity contribution in [3.63, 3.8) is 0 Å². The number of aliphatic carboxylic acids is 1. The summed E-state index contributed by atoms with van der Waals surface area (Å²) in [5, 5.41) is 9.21. The van der Waals surface area contributed by atoms with Crippen LogP contribution in [0.4, 0.5) is 0 Å². The Balaban J connectivity index is 1.83. The van der Waals surface area contributed by atoms with Crippen molar-refractivity contribution >= 4 is 11.9 Å². The van der Waals surface area contributed by atoms with E-state index in [-0.39, 0.29) is 12.0 Å². The van der Waals surface area contributed by atoms with Crippen LogP contribution in [0.1, 0.15) is 12.8 Å². The third-order valence-electron chi connectivity index (χ3n) is 3.89. The molecular formula is C12H15NO4. The van der Waals surface area contributed by atoms with Gasteiger partial charge in [0.05, 0.1) is 18.1 Å². The first-order chi connectivity index (χ1) is 8.18. The van der Waals surface area contributed by atoms with Crippen LogP contribution in [0.5, 0.6) is 0 Å². The van der Waals surface area contributed by atoms with Crippen molar-refractivity contribution in [3.05, 3.63) is 12.2 Å². The molecule has 0 spiro atoms. The zero-order valence-corrected chi connectivity index (χ0v) is 9.41.